The molecule has 11 nitrogen and oxygen atoms in total. The average Bonchev–Trinajstić information content (AvgIpc) is 3.71. The number of rotatable bonds is 5. The molecule has 3 aromatic heterocycles. The zero-order valence-electron chi connectivity index (χ0n) is 25.4. The summed E-state index contributed by atoms with van der Waals surface area (Å²) >= 11 is 0. The van der Waals surface area contributed by atoms with E-state index in [-0.39, 0.29) is 11.7 Å². The van der Waals surface area contributed by atoms with Gasteiger partial charge in [-0.2, -0.15) is 10.2 Å². The van der Waals surface area contributed by atoms with Gasteiger partial charge >= 0.3 is 6.09 Å². The fourth-order valence-electron chi connectivity index (χ4n) is 5.86. The third-order valence-corrected chi connectivity index (χ3v) is 8.29. The fourth-order valence-corrected chi connectivity index (χ4v) is 5.86. The molecule has 4 heterocycles. The molecule has 1 saturated carbocycles. The number of fused-ring (bicyclic) bond motifs is 2. The van der Waals surface area contributed by atoms with E-state index in [1.807, 2.05) is 71.9 Å². The fraction of sp³-hybridized carbons (Fsp3) is 0.438. The molecule has 4 aromatic rings. The molecule has 0 bridgehead atoms. The van der Waals surface area contributed by atoms with Crippen molar-refractivity contribution in [1.29, 1.82) is 5.26 Å². The van der Waals surface area contributed by atoms with Crippen molar-refractivity contribution >= 4 is 28.8 Å². The van der Waals surface area contributed by atoms with Crippen molar-refractivity contribution in [3.8, 4) is 11.9 Å². The molecule has 1 amide bonds. The number of anilines is 2. The second-order valence-corrected chi connectivity index (χ2v) is 12.8. The summed E-state index contributed by atoms with van der Waals surface area (Å²) in [6.07, 6.45) is 3.45. The van der Waals surface area contributed by atoms with Gasteiger partial charge in [0.25, 0.3) is 5.56 Å². The third-order valence-electron chi connectivity index (χ3n) is 8.29. The number of carbonyl (C=O) groups excluding carboxylic acids is 1. The Hall–Kier alpha value is -4.72. The lowest BCUT2D eigenvalue weighted by atomic mass is 9.83. The molecule has 1 N–H and O–H groups in total. The quantitative estimate of drug-likeness (QED) is 0.335. The highest BCUT2D eigenvalue weighted by atomic mass is 16.6. The minimum Gasteiger partial charge on any atom is -0.444 e. The molecule has 11 heteroatoms. The highest BCUT2D eigenvalue weighted by Gasteiger charge is 2.46. The van der Waals surface area contributed by atoms with E-state index in [2.05, 4.69) is 22.4 Å². The summed E-state index contributed by atoms with van der Waals surface area (Å²) in [6.45, 7) is 12.5. The van der Waals surface area contributed by atoms with Crippen LogP contribution in [0.5, 0.6) is 0 Å². The van der Waals surface area contributed by atoms with Gasteiger partial charge in [0, 0.05) is 25.0 Å². The first-order valence-corrected chi connectivity index (χ1v) is 14.7. The van der Waals surface area contributed by atoms with Gasteiger partial charge in [-0.1, -0.05) is 12.1 Å². The summed E-state index contributed by atoms with van der Waals surface area (Å²) in [7, 11) is 0. The first kappa shape index (κ1) is 28.4. The summed E-state index contributed by atoms with van der Waals surface area (Å²) < 4.78 is 8.96. The molecule has 0 saturated heterocycles. The molecular formula is C32H36N8O3. The van der Waals surface area contributed by atoms with E-state index in [0.717, 1.165) is 29.7 Å². The second kappa shape index (κ2) is 9.93. The van der Waals surface area contributed by atoms with Crippen LogP contribution in [0.3, 0.4) is 0 Å². The van der Waals surface area contributed by atoms with Crippen LogP contribution in [0.1, 0.15) is 71.2 Å². The molecule has 43 heavy (non-hydrogen) atoms. The van der Waals surface area contributed by atoms with Crippen LogP contribution in [0.2, 0.25) is 0 Å². The van der Waals surface area contributed by atoms with E-state index >= 15 is 0 Å². The van der Waals surface area contributed by atoms with Crippen molar-refractivity contribution in [3.63, 3.8) is 0 Å². The number of ether oxygens (including phenoxy) is 1. The normalized spacial score (nSPS) is 16.8. The van der Waals surface area contributed by atoms with Gasteiger partial charge < -0.3 is 10.1 Å². The number of hydrogen-bond donors (Lipinski definition) is 1. The number of pyridine rings is 1. The summed E-state index contributed by atoms with van der Waals surface area (Å²) in [6, 6.07) is 14.0. The maximum atomic E-state index is 13.3. The van der Waals surface area contributed by atoms with Crippen LogP contribution in [0.25, 0.3) is 16.9 Å². The van der Waals surface area contributed by atoms with E-state index in [1.54, 1.807) is 14.3 Å². The van der Waals surface area contributed by atoms with Crippen molar-refractivity contribution in [2.75, 3.05) is 11.9 Å². The van der Waals surface area contributed by atoms with E-state index in [0.29, 0.717) is 48.0 Å². The van der Waals surface area contributed by atoms with Gasteiger partial charge in [0.1, 0.15) is 11.0 Å². The minimum atomic E-state index is -0.569. The Labute approximate surface area is 250 Å². The Kier molecular flexibility index (Phi) is 6.56. The van der Waals surface area contributed by atoms with E-state index < -0.39 is 16.6 Å². The molecule has 222 valence electrons. The van der Waals surface area contributed by atoms with E-state index in [4.69, 9.17) is 14.7 Å². The molecule has 1 aliphatic carbocycles. The molecule has 0 atom stereocenters. The smallest absolute Gasteiger partial charge is 0.411 e. The first-order chi connectivity index (χ1) is 20.4. The van der Waals surface area contributed by atoms with Crippen LogP contribution in [0, 0.1) is 11.3 Å². The zero-order chi connectivity index (χ0) is 30.7. The SMILES string of the molecule is CCn1c(=O)c2cnc(Nc3ccc4c(c3)CCN(C(=O)OC(C)(C)C)C4(C)C)nc2n1-c1cccc(C2(C#N)CC2)n1. The second-order valence-electron chi connectivity index (χ2n) is 12.8. The summed E-state index contributed by atoms with van der Waals surface area (Å²) in [5.74, 6) is 0.870. The van der Waals surface area contributed by atoms with Crippen molar-refractivity contribution in [1.82, 2.24) is 29.2 Å². The van der Waals surface area contributed by atoms with Gasteiger partial charge in [-0.05, 0) is 96.2 Å². The number of nitriles is 1. The molecule has 1 aliphatic heterocycles. The Balaban J connectivity index is 1.33. The van der Waals surface area contributed by atoms with E-state index in [1.165, 1.54) is 6.20 Å². The predicted octanol–water partition coefficient (Wildman–Crippen LogP) is 5.32. The summed E-state index contributed by atoms with van der Waals surface area (Å²) in [4.78, 5) is 42.0. The Bertz CT molecular complexity index is 1850. The molecule has 1 aromatic carbocycles. The third kappa shape index (κ3) is 4.90. The van der Waals surface area contributed by atoms with Crippen LogP contribution >= 0.6 is 0 Å². The van der Waals surface area contributed by atoms with Crippen LogP contribution < -0.4 is 10.9 Å². The molecular weight excluding hydrogens is 544 g/mol. The minimum absolute atomic E-state index is 0.205. The maximum Gasteiger partial charge on any atom is 0.411 e. The number of benzene rings is 1. The molecule has 6 rings (SSSR count). The van der Waals surface area contributed by atoms with Gasteiger partial charge in [-0.25, -0.2) is 24.1 Å². The number of nitrogens with zero attached hydrogens (tertiary/aromatic N) is 7. The predicted molar refractivity (Wildman–Crippen MR) is 163 cm³/mol. The molecule has 0 radical (unpaired) electrons. The monoisotopic (exact) mass is 580 g/mol. The maximum absolute atomic E-state index is 13.3. The van der Waals surface area contributed by atoms with Crippen molar-refractivity contribution in [3.05, 3.63) is 69.8 Å². The lowest BCUT2D eigenvalue weighted by Crippen LogP contribution is -2.51. The van der Waals surface area contributed by atoms with Gasteiger partial charge in [0.2, 0.25) is 5.95 Å². The number of carbonyl (C=O) groups is 1. The Morgan fingerprint density at radius 2 is 1.93 bits per heavy atom. The van der Waals surface area contributed by atoms with Gasteiger partial charge in [0.15, 0.2) is 11.5 Å². The van der Waals surface area contributed by atoms with Crippen molar-refractivity contribution < 1.29 is 9.53 Å². The van der Waals surface area contributed by atoms with Crippen molar-refractivity contribution in [2.24, 2.45) is 0 Å². The highest BCUT2D eigenvalue weighted by molar-refractivity contribution is 5.77. The molecule has 0 spiro atoms. The van der Waals surface area contributed by atoms with E-state index in [9.17, 15) is 14.9 Å². The largest absolute Gasteiger partial charge is 0.444 e. The standard InChI is InChI=1S/C32H36N8O3/c1-7-39-27(41)22-18-34-28(37-26(22)40(39)25-10-8-9-24(36-25)32(19-33)14-15-32)35-21-11-12-23-20(17-21)13-16-38(31(23,5)6)29(42)43-30(2,3)4/h8-12,17-18H,7,13-16H2,1-6H3,(H,34,35,37). The summed E-state index contributed by atoms with van der Waals surface area (Å²) in [5, 5.41) is 13.4. The highest BCUT2D eigenvalue weighted by Crippen LogP contribution is 2.46. The first-order valence-electron chi connectivity index (χ1n) is 14.7. The lowest BCUT2D eigenvalue weighted by molar-refractivity contribution is -0.000301. The van der Waals surface area contributed by atoms with Gasteiger partial charge in [-0.3, -0.25) is 9.69 Å². The van der Waals surface area contributed by atoms with Crippen LogP contribution in [-0.2, 0) is 28.7 Å². The molecule has 0 unspecified atom stereocenters. The van der Waals surface area contributed by atoms with Crippen LogP contribution in [-0.4, -0.2) is 47.5 Å². The van der Waals surface area contributed by atoms with Gasteiger partial charge in [-0.15, -0.1) is 0 Å². The molecule has 1 fully saturated rings. The number of amides is 1. The topological polar surface area (TPSA) is 131 Å². The lowest BCUT2D eigenvalue weighted by Gasteiger charge is -2.44. The molecule has 2 aliphatic rings. The number of hydrogen-bond acceptors (Lipinski definition) is 8. The van der Waals surface area contributed by atoms with Crippen LogP contribution in [0.4, 0.5) is 16.4 Å². The Morgan fingerprint density at radius 1 is 1.16 bits per heavy atom. The van der Waals surface area contributed by atoms with Gasteiger partial charge in [0.05, 0.1) is 22.7 Å². The van der Waals surface area contributed by atoms with Crippen molar-refractivity contribution in [2.45, 2.75) is 83.9 Å². The zero-order valence-corrected chi connectivity index (χ0v) is 25.4. The van der Waals surface area contributed by atoms with Crippen LogP contribution in [0.15, 0.2) is 47.4 Å². The number of aromatic nitrogens is 5. The number of nitrogens with one attached hydrogen (secondary N) is 1. The average molecular weight is 581 g/mol. The summed E-state index contributed by atoms with van der Waals surface area (Å²) in [5.41, 5.74) is 2.24. The Morgan fingerprint density at radius 3 is 2.60 bits per heavy atom.